The van der Waals surface area contributed by atoms with Crippen molar-refractivity contribution in [1.82, 2.24) is 15.5 Å². The largest absolute Gasteiger partial charge is 0.346 e. The van der Waals surface area contributed by atoms with Crippen LogP contribution in [0.1, 0.15) is 17.0 Å². The van der Waals surface area contributed by atoms with Gasteiger partial charge in [-0.2, -0.15) is 4.98 Å². The number of benzene rings is 2. The van der Waals surface area contributed by atoms with Gasteiger partial charge in [0.1, 0.15) is 0 Å². The second-order valence-corrected chi connectivity index (χ2v) is 6.56. The highest BCUT2D eigenvalue weighted by atomic mass is 32.2. The summed E-state index contributed by atoms with van der Waals surface area (Å²) in [6, 6.07) is 17.8. The van der Waals surface area contributed by atoms with Crippen molar-refractivity contribution in [3.05, 3.63) is 71.6 Å². The molecule has 25 heavy (non-hydrogen) atoms. The van der Waals surface area contributed by atoms with Crippen molar-refractivity contribution < 1.29 is 9.32 Å². The van der Waals surface area contributed by atoms with Gasteiger partial charge in [-0.3, -0.25) is 4.79 Å². The fourth-order valence-corrected chi connectivity index (χ4v) is 3.22. The van der Waals surface area contributed by atoms with Gasteiger partial charge in [-0.1, -0.05) is 59.8 Å². The van der Waals surface area contributed by atoms with E-state index in [9.17, 15) is 4.79 Å². The number of rotatable bonds is 7. The van der Waals surface area contributed by atoms with E-state index in [4.69, 9.17) is 4.52 Å². The van der Waals surface area contributed by atoms with E-state index in [1.807, 2.05) is 42.5 Å². The summed E-state index contributed by atoms with van der Waals surface area (Å²) in [5.74, 6) is 2.10. The molecule has 0 unspecified atom stereocenters. The summed E-state index contributed by atoms with van der Waals surface area (Å²) in [4.78, 5) is 16.2. The number of nitrogens with one attached hydrogen (secondary N) is 1. The number of nitrogens with zero attached hydrogens (tertiary/aromatic N) is 2. The number of carbonyl (C=O) groups excluding carboxylic acids is 1. The van der Waals surface area contributed by atoms with E-state index in [-0.39, 0.29) is 12.5 Å². The van der Waals surface area contributed by atoms with Crippen LogP contribution >= 0.6 is 11.8 Å². The zero-order chi connectivity index (χ0) is 17.5. The first kappa shape index (κ1) is 17.2. The van der Waals surface area contributed by atoms with Gasteiger partial charge in [0.15, 0.2) is 0 Å². The monoisotopic (exact) mass is 353 g/mol. The van der Waals surface area contributed by atoms with Crippen molar-refractivity contribution in [2.75, 3.05) is 5.75 Å². The lowest BCUT2D eigenvalue weighted by atomic mass is 10.1. The van der Waals surface area contributed by atoms with Crippen molar-refractivity contribution in [3.63, 3.8) is 0 Å². The number of hydrogen-bond acceptors (Lipinski definition) is 5. The molecule has 0 atom stereocenters. The molecule has 1 amide bonds. The van der Waals surface area contributed by atoms with Gasteiger partial charge < -0.3 is 9.84 Å². The molecule has 0 bridgehead atoms. The molecule has 5 nitrogen and oxygen atoms in total. The summed E-state index contributed by atoms with van der Waals surface area (Å²) < 4.78 is 5.18. The summed E-state index contributed by atoms with van der Waals surface area (Å²) in [6.45, 7) is 2.32. The molecule has 0 aliphatic heterocycles. The Labute approximate surface area is 150 Å². The van der Waals surface area contributed by atoms with Gasteiger partial charge in [0.25, 0.3) is 0 Å². The molecule has 0 saturated heterocycles. The van der Waals surface area contributed by atoms with Gasteiger partial charge in [0.2, 0.25) is 17.6 Å². The minimum atomic E-state index is -0.0435. The lowest BCUT2D eigenvalue weighted by Crippen LogP contribution is -2.24. The van der Waals surface area contributed by atoms with E-state index in [0.29, 0.717) is 17.5 Å². The Balaban J connectivity index is 1.44. The van der Waals surface area contributed by atoms with Crippen molar-refractivity contribution in [3.8, 4) is 11.4 Å². The first-order chi connectivity index (χ1) is 12.2. The summed E-state index contributed by atoms with van der Waals surface area (Å²) in [6.07, 6.45) is 0. The second-order valence-electron chi connectivity index (χ2n) is 5.57. The van der Waals surface area contributed by atoms with E-state index >= 15 is 0 Å². The molecule has 0 saturated carbocycles. The normalized spacial score (nSPS) is 10.6. The lowest BCUT2D eigenvalue weighted by molar-refractivity contribution is -0.118. The molecule has 1 N–H and O–H groups in total. The number of carbonyl (C=O) groups is 1. The third-order valence-electron chi connectivity index (χ3n) is 3.69. The van der Waals surface area contributed by atoms with Crippen LogP contribution in [0.2, 0.25) is 0 Å². The molecule has 0 spiro atoms. The molecule has 0 aliphatic rings. The summed E-state index contributed by atoms with van der Waals surface area (Å²) in [5, 5.41) is 6.74. The van der Waals surface area contributed by atoms with Crippen LogP contribution in [0.3, 0.4) is 0 Å². The fourth-order valence-electron chi connectivity index (χ4n) is 2.28. The Morgan fingerprint density at radius 1 is 1.12 bits per heavy atom. The van der Waals surface area contributed by atoms with Crippen LogP contribution in [0.15, 0.2) is 59.1 Å². The number of hydrogen-bond donors (Lipinski definition) is 1. The van der Waals surface area contributed by atoms with E-state index in [0.717, 1.165) is 11.3 Å². The fraction of sp³-hybridized carbons (Fsp3) is 0.211. The number of aryl methyl sites for hydroxylation is 1. The van der Waals surface area contributed by atoms with Crippen molar-refractivity contribution in [1.29, 1.82) is 0 Å². The van der Waals surface area contributed by atoms with Crippen LogP contribution in [-0.4, -0.2) is 21.8 Å². The molecule has 3 rings (SSSR count). The topological polar surface area (TPSA) is 68.0 Å². The summed E-state index contributed by atoms with van der Waals surface area (Å²) >= 11 is 1.59. The van der Waals surface area contributed by atoms with Crippen LogP contribution in [0.5, 0.6) is 0 Å². The lowest BCUT2D eigenvalue weighted by Gasteiger charge is -2.05. The van der Waals surface area contributed by atoms with E-state index in [1.165, 1.54) is 11.1 Å². The number of thioether (sulfide) groups is 1. The van der Waals surface area contributed by atoms with Gasteiger partial charge in [-0.25, -0.2) is 0 Å². The molecule has 3 aromatic rings. The maximum atomic E-state index is 11.9. The maximum absolute atomic E-state index is 11.9. The molecule has 0 radical (unpaired) electrons. The van der Waals surface area contributed by atoms with Gasteiger partial charge >= 0.3 is 0 Å². The molecule has 128 valence electrons. The maximum Gasteiger partial charge on any atom is 0.246 e. The SMILES string of the molecule is Cc1ccccc1CSCC(=O)NCc1nc(-c2ccccc2)no1. The van der Waals surface area contributed by atoms with Gasteiger partial charge in [0, 0.05) is 11.3 Å². The second kappa shape index (κ2) is 8.48. The molecule has 0 fully saturated rings. The highest BCUT2D eigenvalue weighted by molar-refractivity contribution is 7.99. The summed E-state index contributed by atoms with van der Waals surface area (Å²) in [5.41, 5.74) is 3.39. The van der Waals surface area contributed by atoms with Crippen molar-refractivity contribution in [2.45, 2.75) is 19.2 Å². The zero-order valence-corrected chi connectivity index (χ0v) is 14.8. The van der Waals surface area contributed by atoms with Crippen LogP contribution in [0.25, 0.3) is 11.4 Å². The Kier molecular flexibility index (Phi) is 5.85. The Morgan fingerprint density at radius 2 is 1.88 bits per heavy atom. The molecule has 1 heterocycles. The van der Waals surface area contributed by atoms with Crippen molar-refractivity contribution >= 4 is 17.7 Å². The molecule has 2 aromatic carbocycles. The van der Waals surface area contributed by atoms with Crippen LogP contribution < -0.4 is 5.32 Å². The van der Waals surface area contributed by atoms with Gasteiger partial charge in [0.05, 0.1) is 12.3 Å². The van der Waals surface area contributed by atoms with Crippen LogP contribution in [-0.2, 0) is 17.1 Å². The van der Waals surface area contributed by atoms with E-state index < -0.39 is 0 Å². The molecular formula is C19H19N3O2S. The van der Waals surface area contributed by atoms with E-state index in [1.54, 1.807) is 11.8 Å². The predicted octanol–water partition coefficient (Wildman–Crippen LogP) is 3.59. The highest BCUT2D eigenvalue weighted by Gasteiger charge is 2.10. The Hall–Kier alpha value is -2.60. The molecule has 0 aliphatic carbocycles. The minimum Gasteiger partial charge on any atom is -0.346 e. The number of amides is 1. The average Bonchev–Trinajstić information content (AvgIpc) is 3.11. The number of aromatic nitrogens is 2. The first-order valence-electron chi connectivity index (χ1n) is 7.99. The van der Waals surface area contributed by atoms with Crippen molar-refractivity contribution in [2.24, 2.45) is 0 Å². The Bertz CT molecular complexity index is 833. The molecule has 1 aromatic heterocycles. The predicted molar refractivity (Wildman–Crippen MR) is 98.9 cm³/mol. The third kappa shape index (κ3) is 4.93. The Morgan fingerprint density at radius 3 is 2.68 bits per heavy atom. The third-order valence-corrected chi connectivity index (χ3v) is 4.67. The molecular weight excluding hydrogens is 334 g/mol. The minimum absolute atomic E-state index is 0.0435. The standard InChI is InChI=1S/C19H19N3O2S/c1-14-7-5-6-10-16(14)12-25-13-17(23)20-11-18-21-19(22-24-18)15-8-3-2-4-9-15/h2-10H,11-13H2,1H3,(H,20,23). The van der Waals surface area contributed by atoms with Gasteiger partial charge in [-0.05, 0) is 18.1 Å². The highest BCUT2D eigenvalue weighted by Crippen LogP contribution is 2.16. The molecule has 6 heteroatoms. The summed E-state index contributed by atoms with van der Waals surface area (Å²) in [7, 11) is 0. The first-order valence-corrected chi connectivity index (χ1v) is 9.15. The van der Waals surface area contributed by atoms with Crippen LogP contribution in [0, 0.1) is 6.92 Å². The van der Waals surface area contributed by atoms with Crippen LogP contribution in [0.4, 0.5) is 0 Å². The quantitative estimate of drug-likeness (QED) is 0.703. The zero-order valence-electron chi connectivity index (χ0n) is 13.9. The van der Waals surface area contributed by atoms with Gasteiger partial charge in [-0.15, -0.1) is 11.8 Å². The average molecular weight is 353 g/mol. The van der Waals surface area contributed by atoms with E-state index in [2.05, 4.69) is 34.5 Å². The smallest absolute Gasteiger partial charge is 0.246 e.